The van der Waals surface area contributed by atoms with Gasteiger partial charge in [0.1, 0.15) is 9.22 Å². The Bertz CT molecular complexity index is 488. The third-order valence-electron chi connectivity index (χ3n) is 2.24. The average Bonchev–Trinajstić information content (AvgIpc) is 2.69. The number of aliphatic hydroxyl groups excluding tert-OH is 1. The predicted molar refractivity (Wildman–Crippen MR) is 74.0 cm³/mol. The summed E-state index contributed by atoms with van der Waals surface area (Å²) in [6.07, 6.45) is -0.546. The largest absolute Gasteiger partial charge is 0.390 e. The molecule has 0 amide bonds. The third kappa shape index (κ3) is 2.41. The summed E-state index contributed by atoms with van der Waals surface area (Å²) in [7, 11) is 0. The zero-order valence-electron chi connectivity index (χ0n) is 8.37. The molecular weight excluding hydrogens is 340 g/mol. The van der Waals surface area contributed by atoms with Crippen molar-refractivity contribution in [2.24, 2.45) is 0 Å². The highest BCUT2D eigenvalue weighted by molar-refractivity contribution is 14.1. The summed E-state index contributed by atoms with van der Waals surface area (Å²) in [5.41, 5.74) is 1.79. The van der Waals surface area contributed by atoms with Crippen molar-refractivity contribution in [3.63, 3.8) is 0 Å². The van der Waals surface area contributed by atoms with Gasteiger partial charge in [0.25, 0.3) is 0 Å². The second-order valence-corrected chi connectivity index (χ2v) is 4.82. The van der Waals surface area contributed by atoms with E-state index < -0.39 is 6.10 Å². The van der Waals surface area contributed by atoms with Gasteiger partial charge < -0.3 is 10.4 Å². The van der Waals surface area contributed by atoms with Crippen LogP contribution in [0.25, 0.3) is 10.9 Å². The quantitative estimate of drug-likeness (QED) is 0.584. The average molecular weight is 352 g/mol. The molecule has 16 heavy (non-hydrogen) atoms. The Hall–Kier alpha value is -0.530. The maximum atomic E-state index is 9.37. The number of aromatic amines is 1. The lowest BCUT2D eigenvalue weighted by Crippen LogP contribution is -2.20. The molecule has 1 aromatic heterocycles. The van der Waals surface area contributed by atoms with Crippen molar-refractivity contribution in [3.8, 4) is 0 Å². The number of hydrogen-bond donors (Lipinski definition) is 3. The predicted octanol–water partition coefficient (Wildman–Crippen LogP) is 2.18. The van der Waals surface area contributed by atoms with Crippen LogP contribution in [0.15, 0.2) is 18.2 Å². The van der Waals surface area contributed by atoms with Gasteiger partial charge in [-0.15, -0.1) is 11.6 Å². The third-order valence-corrected chi connectivity index (χ3v) is 3.42. The smallest absolute Gasteiger partial charge is 0.116 e. The SMILES string of the molecule is OC(CCl)CNc1cccc2c(I)[nH]nc12. The number of benzene rings is 1. The van der Waals surface area contributed by atoms with Crippen LogP contribution in [0.5, 0.6) is 0 Å². The minimum absolute atomic E-state index is 0.223. The summed E-state index contributed by atoms with van der Waals surface area (Å²) in [4.78, 5) is 0. The van der Waals surface area contributed by atoms with E-state index in [9.17, 15) is 5.11 Å². The van der Waals surface area contributed by atoms with Crippen LogP contribution >= 0.6 is 34.2 Å². The van der Waals surface area contributed by atoms with Crippen LogP contribution in [-0.4, -0.2) is 33.8 Å². The van der Waals surface area contributed by atoms with Crippen molar-refractivity contribution in [3.05, 3.63) is 21.9 Å². The van der Waals surface area contributed by atoms with E-state index in [-0.39, 0.29) is 5.88 Å². The number of H-pyrrole nitrogens is 1. The van der Waals surface area contributed by atoms with Gasteiger partial charge in [-0.05, 0) is 34.7 Å². The van der Waals surface area contributed by atoms with Gasteiger partial charge in [-0.1, -0.05) is 6.07 Å². The Balaban J connectivity index is 2.24. The van der Waals surface area contributed by atoms with Gasteiger partial charge in [0.05, 0.1) is 17.7 Å². The molecule has 2 rings (SSSR count). The number of halogens is 2. The first-order valence-electron chi connectivity index (χ1n) is 4.83. The molecule has 0 radical (unpaired) electrons. The molecule has 2 aromatic rings. The molecule has 0 aliphatic carbocycles. The topological polar surface area (TPSA) is 60.9 Å². The summed E-state index contributed by atoms with van der Waals surface area (Å²) in [6, 6.07) is 5.89. The number of fused-ring (bicyclic) bond motifs is 1. The van der Waals surface area contributed by atoms with Crippen LogP contribution in [0, 0.1) is 3.70 Å². The van der Waals surface area contributed by atoms with Gasteiger partial charge in [0, 0.05) is 11.9 Å². The Morgan fingerprint density at radius 1 is 1.56 bits per heavy atom. The second-order valence-electron chi connectivity index (χ2n) is 3.43. The molecule has 86 valence electrons. The summed E-state index contributed by atoms with van der Waals surface area (Å²) in [6.45, 7) is 0.423. The van der Waals surface area contributed by atoms with Crippen molar-refractivity contribution >= 4 is 50.8 Å². The first-order valence-corrected chi connectivity index (χ1v) is 6.44. The van der Waals surface area contributed by atoms with E-state index in [1.54, 1.807) is 0 Å². The Labute approximate surface area is 112 Å². The minimum atomic E-state index is -0.546. The van der Waals surface area contributed by atoms with Gasteiger partial charge in [-0.3, -0.25) is 5.10 Å². The van der Waals surface area contributed by atoms with Gasteiger partial charge >= 0.3 is 0 Å². The number of nitrogens with zero attached hydrogens (tertiary/aromatic N) is 1. The van der Waals surface area contributed by atoms with Gasteiger partial charge in [-0.2, -0.15) is 5.10 Å². The van der Waals surface area contributed by atoms with Gasteiger partial charge in [-0.25, -0.2) is 0 Å². The number of rotatable bonds is 4. The highest BCUT2D eigenvalue weighted by Gasteiger charge is 2.08. The number of alkyl halides is 1. The zero-order chi connectivity index (χ0) is 11.5. The first-order chi connectivity index (χ1) is 7.72. The zero-order valence-corrected chi connectivity index (χ0v) is 11.3. The van der Waals surface area contributed by atoms with E-state index in [0.29, 0.717) is 6.54 Å². The summed E-state index contributed by atoms with van der Waals surface area (Å²) in [5.74, 6) is 0.223. The lowest BCUT2D eigenvalue weighted by molar-refractivity contribution is 0.211. The highest BCUT2D eigenvalue weighted by atomic mass is 127. The molecule has 0 spiro atoms. The molecule has 4 nitrogen and oxygen atoms in total. The number of aliphatic hydroxyl groups is 1. The van der Waals surface area contributed by atoms with Crippen molar-refractivity contribution in [2.45, 2.75) is 6.10 Å². The Kier molecular flexibility index (Phi) is 3.88. The van der Waals surface area contributed by atoms with Gasteiger partial charge in [0.2, 0.25) is 0 Å². The molecule has 0 aliphatic rings. The van der Waals surface area contributed by atoms with E-state index in [4.69, 9.17) is 11.6 Å². The van der Waals surface area contributed by atoms with Crippen molar-refractivity contribution < 1.29 is 5.11 Å². The molecule has 1 heterocycles. The summed E-state index contributed by atoms with van der Waals surface area (Å²) < 4.78 is 1.01. The number of anilines is 1. The molecule has 0 bridgehead atoms. The van der Waals surface area contributed by atoms with E-state index in [0.717, 1.165) is 20.3 Å². The lowest BCUT2D eigenvalue weighted by Gasteiger charge is -2.10. The van der Waals surface area contributed by atoms with Gasteiger partial charge in [0.15, 0.2) is 0 Å². The van der Waals surface area contributed by atoms with E-state index in [1.807, 2.05) is 18.2 Å². The number of hydrogen-bond acceptors (Lipinski definition) is 3. The van der Waals surface area contributed by atoms with E-state index in [2.05, 4.69) is 38.1 Å². The van der Waals surface area contributed by atoms with E-state index >= 15 is 0 Å². The number of aromatic nitrogens is 2. The summed E-state index contributed by atoms with van der Waals surface area (Å²) in [5, 5.41) is 20.7. The molecule has 0 saturated carbocycles. The van der Waals surface area contributed by atoms with Crippen LogP contribution in [0.2, 0.25) is 0 Å². The van der Waals surface area contributed by atoms with Crippen molar-refractivity contribution in [2.75, 3.05) is 17.7 Å². The molecule has 0 saturated heterocycles. The molecule has 1 atom stereocenters. The molecule has 0 aliphatic heterocycles. The molecular formula is C10H11ClIN3O. The summed E-state index contributed by atoms with van der Waals surface area (Å²) >= 11 is 7.73. The molecule has 6 heteroatoms. The second kappa shape index (κ2) is 5.20. The molecule has 1 unspecified atom stereocenters. The standard InChI is InChI=1S/C10H11ClIN3O/c11-4-6(16)5-13-8-3-1-2-7-9(8)14-15-10(7)12/h1-3,6,13,16H,4-5H2,(H,14,15). The van der Waals surface area contributed by atoms with Crippen molar-refractivity contribution in [1.82, 2.24) is 10.2 Å². The molecule has 0 fully saturated rings. The Morgan fingerprint density at radius 3 is 3.12 bits per heavy atom. The fourth-order valence-electron chi connectivity index (χ4n) is 1.43. The number of para-hydroxylation sites is 1. The van der Waals surface area contributed by atoms with Crippen molar-refractivity contribution in [1.29, 1.82) is 0 Å². The number of nitrogens with one attached hydrogen (secondary N) is 2. The minimum Gasteiger partial charge on any atom is -0.390 e. The highest BCUT2D eigenvalue weighted by Crippen LogP contribution is 2.24. The maximum Gasteiger partial charge on any atom is 0.116 e. The van der Waals surface area contributed by atoms with Crippen LogP contribution < -0.4 is 5.32 Å². The normalized spacial score (nSPS) is 12.9. The fourth-order valence-corrected chi connectivity index (χ4v) is 2.10. The maximum absolute atomic E-state index is 9.37. The Morgan fingerprint density at radius 2 is 2.38 bits per heavy atom. The first kappa shape index (κ1) is 11.9. The van der Waals surface area contributed by atoms with Crippen LogP contribution in [0.1, 0.15) is 0 Å². The molecule has 1 aromatic carbocycles. The van der Waals surface area contributed by atoms with E-state index in [1.165, 1.54) is 0 Å². The monoisotopic (exact) mass is 351 g/mol. The lowest BCUT2D eigenvalue weighted by atomic mass is 10.2. The fraction of sp³-hybridized carbons (Fsp3) is 0.300. The van der Waals surface area contributed by atoms with Crippen LogP contribution in [0.3, 0.4) is 0 Å². The van der Waals surface area contributed by atoms with Crippen LogP contribution in [-0.2, 0) is 0 Å². The van der Waals surface area contributed by atoms with Crippen LogP contribution in [0.4, 0.5) is 5.69 Å². The molecule has 3 N–H and O–H groups in total.